The molecule has 1 aromatic carbocycles. The monoisotopic (exact) mass is 306 g/mol. The number of benzene rings is 1. The Balaban J connectivity index is 2.06. The Morgan fingerprint density at radius 3 is 2.76 bits per heavy atom. The molecule has 0 saturated heterocycles. The van der Waals surface area contributed by atoms with Gasteiger partial charge < -0.3 is 10.1 Å². The lowest BCUT2D eigenvalue weighted by atomic mass is 10.1. The summed E-state index contributed by atoms with van der Waals surface area (Å²) in [6.07, 6.45) is 0. The Morgan fingerprint density at radius 1 is 1.43 bits per heavy atom. The maximum atomic E-state index is 11.4. The van der Waals surface area contributed by atoms with E-state index in [9.17, 15) is 14.9 Å². The number of aryl methyl sites for hydroxylation is 1. The quantitative estimate of drug-likeness (QED) is 0.520. The number of hydrogen-bond acceptors (Lipinski definition) is 6. The van der Waals surface area contributed by atoms with Crippen LogP contribution in [0.25, 0.3) is 0 Å². The van der Waals surface area contributed by atoms with Crippen molar-refractivity contribution in [1.29, 1.82) is 0 Å². The van der Waals surface area contributed by atoms with Crippen LogP contribution in [0.5, 0.6) is 0 Å². The van der Waals surface area contributed by atoms with E-state index in [0.717, 1.165) is 28.2 Å². The summed E-state index contributed by atoms with van der Waals surface area (Å²) in [6.45, 7) is 2.37. The number of methoxy groups -OCH3 is 1. The highest BCUT2D eigenvalue weighted by molar-refractivity contribution is 7.13. The summed E-state index contributed by atoms with van der Waals surface area (Å²) in [5.74, 6) is -0.377. The second-order valence-electron chi connectivity index (χ2n) is 4.43. The molecule has 1 heterocycles. The van der Waals surface area contributed by atoms with Crippen molar-refractivity contribution in [1.82, 2.24) is 0 Å². The van der Waals surface area contributed by atoms with Crippen LogP contribution in [0.4, 0.5) is 10.7 Å². The molecule has 1 aromatic heterocycles. The lowest BCUT2D eigenvalue weighted by Crippen LogP contribution is -2.04. The number of hydrogen-bond donors (Lipinski definition) is 1. The Labute approximate surface area is 125 Å². The van der Waals surface area contributed by atoms with E-state index in [1.165, 1.54) is 7.11 Å². The van der Waals surface area contributed by atoms with Crippen molar-refractivity contribution in [3.05, 3.63) is 56.5 Å². The molecule has 110 valence electrons. The van der Waals surface area contributed by atoms with Crippen LogP contribution >= 0.6 is 11.3 Å². The summed E-state index contributed by atoms with van der Waals surface area (Å²) in [6, 6.07) is 6.76. The number of ether oxygens (including phenoxy) is 1. The largest absolute Gasteiger partial charge is 0.465 e. The molecule has 0 bridgehead atoms. The predicted octanol–water partition coefficient (Wildman–Crippen LogP) is 3.36. The first-order valence-corrected chi connectivity index (χ1v) is 7.04. The Morgan fingerprint density at radius 2 is 2.19 bits per heavy atom. The molecule has 0 aliphatic carbocycles. The first kappa shape index (κ1) is 15.0. The number of carbonyl (C=O) groups excluding carboxylic acids is 1. The fourth-order valence-electron chi connectivity index (χ4n) is 1.86. The SMILES string of the molecule is COC(=O)c1ccc(NCc2csc([N+](=O)[O-])c2)c(C)c1. The van der Waals surface area contributed by atoms with Crippen molar-refractivity contribution in [2.75, 3.05) is 12.4 Å². The second-order valence-corrected chi connectivity index (χ2v) is 5.31. The maximum absolute atomic E-state index is 11.4. The molecule has 0 spiro atoms. The molecule has 1 N–H and O–H groups in total. The third-order valence-electron chi connectivity index (χ3n) is 2.95. The van der Waals surface area contributed by atoms with Gasteiger partial charge in [-0.05, 0) is 36.2 Å². The van der Waals surface area contributed by atoms with Crippen LogP contribution in [-0.2, 0) is 11.3 Å². The van der Waals surface area contributed by atoms with Gasteiger partial charge in [-0.2, -0.15) is 0 Å². The zero-order valence-corrected chi connectivity index (χ0v) is 12.4. The maximum Gasteiger partial charge on any atom is 0.337 e. The van der Waals surface area contributed by atoms with E-state index in [0.29, 0.717) is 12.1 Å². The highest BCUT2D eigenvalue weighted by atomic mass is 32.1. The van der Waals surface area contributed by atoms with Crippen molar-refractivity contribution >= 4 is 28.0 Å². The number of anilines is 1. The van der Waals surface area contributed by atoms with E-state index in [4.69, 9.17) is 0 Å². The van der Waals surface area contributed by atoms with Gasteiger partial charge in [0.1, 0.15) is 0 Å². The lowest BCUT2D eigenvalue weighted by Gasteiger charge is -2.09. The van der Waals surface area contributed by atoms with Gasteiger partial charge in [0, 0.05) is 23.7 Å². The van der Waals surface area contributed by atoms with Crippen LogP contribution in [0.1, 0.15) is 21.5 Å². The van der Waals surface area contributed by atoms with Crippen LogP contribution in [0, 0.1) is 17.0 Å². The van der Waals surface area contributed by atoms with Crippen LogP contribution in [0.2, 0.25) is 0 Å². The van der Waals surface area contributed by atoms with E-state index in [1.807, 2.05) is 6.92 Å². The normalized spacial score (nSPS) is 10.2. The van der Waals surface area contributed by atoms with Gasteiger partial charge in [0.25, 0.3) is 0 Å². The van der Waals surface area contributed by atoms with E-state index in [1.54, 1.807) is 29.6 Å². The number of nitrogens with zero attached hydrogens (tertiary/aromatic N) is 1. The molecule has 0 fully saturated rings. The third-order valence-corrected chi connectivity index (χ3v) is 3.88. The third kappa shape index (κ3) is 3.57. The molecular formula is C14H14N2O4S. The number of rotatable bonds is 5. The highest BCUT2D eigenvalue weighted by Gasteiger charge is 2.10. The smallest absolute Gasteiger partial charge is 0.337 e. The number of nitrogens with one attached hydrogen (secondary N) is 1. The molecule has 0 atom stereocenters. The summed E-state index contributed by atoms with van der Waals surface area (Å²) >= 11 is 1.11. The summed E-state index contributed by atoms with van der Waals surface area (Å²) in [4.78, 5) is 21.6. The predicted molar refractivity (Wildman–Crippen MR) is 80.8 cm³/mol. The molecule has 0 unspecified atom stereocenters. The van der Waals surface area contributed by atoms with Gasteiger partial charge in [0.15, 0.2) is 0 Å². The van der Waals surface area contributed by atoms with Gasteiger partial charge in [0.05, 0.1) is 17.6 Å². The molecule has 0 saturated carbocycles. The number of thiophene rings is 1. The van der Waals surface area contributed by atoms with Gasteiger partial charge in [-0.3, -0.25) is 10.1 Å². The minimum Gasteiger partial charge on any atom is -0.465 e. The first-order chi connectivity index (χ1) is 10.0. The summed E-state index contributed by atoms with van der Waals surface area (Å²) in [5.41, 5.74) is 3.12. The van der Waals surface area contributed by atoms with E-state index < -0.39 is 4.92 Å². The summed E-state index contributed by atoms with van der Waals surface area (Å²) in [5, 5.41) is 15.7. The Kier molecular flexibility index (Phi) is 4.54. The van der Waals surface area contributed by atoms with E-state index in [2.05, 4.69) is 10.1 Å². The molecule has 2 aromatic rings. The Hall–Kier alpha value is -2.41. The van der Waals surface area contributed by atoms with Gasteiger partial charge in [-0.15, -0.1) is 0 Å². The molecule has 0 aliphatic rings. The first-order valence-electron chi connectivity index (χ1n) is 6.16. The van der Waals surface area contributed by atoms with Gasteiger partial charge >= 0.3 is 11.0 Å². The molecule has 0 radical (unpaired) electrons. The van der Waals surface area contributed by atoms with Crippen molar-refractivity contribution < 1.29 is 14.5 Å². The number of carbonyl (C=O) groups is 1. The van der Waals surface area contributed by atoms with Crippen LogP contribution in [0.3, 0.4) is 0 Å². The van der Waals surface area contributed by atoms with Crippen LogP contribution in [0.15, 0.2) is 29.6 Å². The average molecular weight is 306 g/mol. The summed E-state index contributed by atoms with van der Waals surface area (Å²) in [7, 11) is 1.34. The molecule has 7 heteroatoms. The number of esters is 1. The second kappa shape index (κ2) is 6.36. The van der Waals surface area contributed by atoms with Crippen LogP contribution < -0.4 is 5.32 Å². The lowest BCUT2D eigenvalue weighted by molar-refractivity contribution is -0.380. The fourth-order valence-corrected chi connectivity index (χ4v) is 2.58. The minimum absolute atomic E-state index is 0.129. The van der Waals surface area contributed by atoms with Crippen molar-refractivity contribution in [3.8, 4) is 0 Å². The van der Waals surface area contributed by atoms with Crippen molar-refractivity contribution in [2.24, 2.45) is 0 Å². The van der Waals surface area contributed by atoms with Gasteiger partial charge in [0.2, 0.25) is 0 Å². The average Bonchev–Trinajstić information content (AvgIpc) is 2.94. The molecule has 21 heavy (non-hydrogen) atoms. The molecule has 0 aliphatic heterocycles. The molecule has 6 nitrogen and oxygen atoms in total. The molecule has 2 rings (SSSR count). The standard InChI is InChI=1S/C14H14N2O4S/c1-9-5-11(14(17)20-2)3-4-12(9)15-7-10-6-13(16(18)19)21-8-10/h3-6,8,15H,7H2,1-2H3. The zero-order chi connectivity index (χ0) is 15.4. The molecule has 0 amide bonds. The van der Waals surface area contributed by atoms with Crippen molar-refractivity contribution in [2.45, 2.75) is 13.5 Å². The number of nitro groups is 1. The summed E-state index contributed by atoms with van der Waals surface area (Å²) < 4.78 is 4.66. The topological polar surface area (TPSA) is 81.5 Å². The minimum atomic E-state index is -0.398. The van der Waals surface area contributed by atoms with Gasteiger partial charge in [-0.25, -0.2) is 4.79 Å². The molecular weight excluding hydrogens is 292 g/mol. The van der Waals surface area contributed by atoms with Crippen molar-refractivity contribution in [3.63, 3.8) is 0 Å². The van der Waals surface area contributed by atoms with Crippen LogP contribution in [-0.4, -0.2) is 18.0 Å². The highest BCUT2D eigenvalue weighted by Crippen LogP contribution is 2.24. The zero-order valence-electron chi connectivity index (χ0n) is 11.6. The van der Waals surface area contributed by atoms with Gasteiger partial charge in [-0.1, -0.05) is 11.3 Å². The van der Waals surface area contributed by atoms with E-state index in [-0.39, 0.29) is 11.0 Å². The Bertz CT molecular complexity index is 681. The fraction of sp³-hybridized carbons (Fsp3) is 0.214. The van der Waals surface area contributed by atoms with E-state index >= 15 is 0 Å².